The summed E-state index contributed by atoms with van der Waals surface area (Å²) >= 11 is 0. The van der Waals surface area contributed by atoms with Gasteiger partial charge in [-0.3, -0.25) is 4.68 Å². The predicted octanol–water partition coefficient (Wildman–Crippen LogP) is 2.64. The van der Waals surface area contributed by atoms with E-state index >= 15 is 0 Å². The number of aryl methyl sites for hydroxylation is 1. The maximum absolute atomic E-state index is 5.89. The van der Waals surface area contributed by atoms with Crippen LogP contribution in [-0.4, -0.2) is 33.1 Å². The lowest BCUT2D eigenvalue weighted by molar-refractivity contribution is 0.331. The Balaban J connectivity index is 1.43. The average molecular weight is 297 g/mol. The van der Waals surface area contributed by atoms with Crippen LogP contribution in [0, 0.1) is 12.8 Å². The summed E-state index contributed by atoms with van der Waals surface area (Å²) in [5, 5.41) is 7.91. The van der Waals surface area contributed by atoms with E-state index in [1.165, 1.54) is 5.56 Å². The number of piperidine rings is 1. The normalized spacial score (nSPS) is 16.5. The van der Waals surface area contributed by atoms with Crippen LogP contribution in [0.25, 0.3) is 11.1 Å². The minimum absolute atomic E-state index is 0.643. The maximum Gasteiger partial charge on any atom is 0.298 e. The zero-order valence-corrected chi connectivity index (χ0v) is 12.6. The lowest BCUT2D eigenvalue weighted by Gasteiger charge is -2.30. The Bertz CT molecular complexity index is 756. The first-order valence-corrected chi connectivity index (χ1v) is 7.74. The zero-order chi connectivity index (χ0) is 14.9. The summed E-state index contributed by atoms with van der Waals surface area (Å²) in [5.74, 6) is 0.643. The number of hydrogen-bond donors (Lipinski definition) is 0. The molecule has 1 aliphatic rings. The van der Waals surface area contributed by atoms with Gasteiger partial charge >= 0.3 is 0 Å². The van der Waals surface area contributed by atoms with E-state index < -0.39 is 0 Å². The minimum atomic E-state index is 0.643. The Kier molecular flexibility index (Phi) is 3.29. The van der Waals surface area contributed by atoms with Crippen LogP contribution in [0.1, 0.15) is 18.4 Å². The van der Waals surface area contributed by atoms with E-state index in [1.54, 1.807) is 6.20 Å². The lowest BCUT2D eigenvalue weighted by atomic mass is 9.97. The van der Waals surface area contributed by atoms with Crippen molar-refractivity contribution >= 4 is 17.1 Å². The van der Waals surface area contributed by atoms with Gasteiger partial charge in [0.1, 0.15) is 5.52 Å². The van der Waals surface area contributed by atoms with Gasteiger partial charge in [-0.2, -0.15) is 4.98 Å². The van der Waals surface area contributed by atoms with E-state index in [2.05, 4.69) is 39.3 Å². The first kappa shape index (κ1) is 13.3. The highest BCUT2D eigenvalue weighted by Gasteiger charge is 2.23. The molecule has 0 radical (unpaired) electrons. The van der Waals surface area contributed by atoms with Crippen LogP contribution in [0.15, 0.2) is 35.0 Å². The molecule has 0 unspecified atom stereocenters. The van der Waals surface area contributed by atoms with Crippen LogP contribution in [0.4, 0.5) is 6.01 Å². The van der Waals surface area contributed by atoms with E-state index in [-0.39, 0.29) is 0 Å². The van der Waals surface area contributed by atoms with Crippen molar-refractivity contribution in [3.8, 4) is 0 Å². The van der Waals surface area contributed by atoms with Gasteiger partial charge in [0, 0.05) is 25.8 Å². The third-order valence-electron chi connectivity index (χ3n) is 4.33. The summed E-state index contributed by atoms with van der Waals surface area (Å²) in [6.07, 6.45) is 5.90. The molecule has 2 aromatic heterocycles. The molecule has 0 saturated carbocycles. The fourth-order valence-corrected chi connectivity index (χ4v) is 3.06. The SMILES string of the molecule is Cc1ccc2oc(N3CCC(Cn4ccnn4)CC3)nc2c1. The first-order valence-electron chi connectivity index (χ1n) is 7.74. The summed E-state index contributed by atoms with van der Waals surface area (Å²) in [6, 6.07) is 6.87. The van der Waals surface area contributed by atoms with Crippen molar-refractivity contribution in [2.75, 3.05) is 18.0 Å². The summed E-state index contributed by atoms with van der Waals surface area (Å²) in [6.45, 7) is 4.97. The number of oxazole rings is 1. The molecule has 0 bridgehead atoms. The Hall–Kier alpha value is -2.37. The molecule has 4 rings (SSSR count). The van der Waals surface area contributed by atoms with Gasteiger partial charge in [-0.05, 0) is 43.4 Å². The molecule has 0 aliphatic carbocycles. The van der Waals surface area contributed by atoms with Crippen molar-refractivity contribution in [1.82, 2.24) is 20.0 Å². The van der Waals surface area contributed by atoms with Crippen LogP contribution < -0.4 is 4.90 Å². The van der Waals surface area contributed by atoms with Gasteiger partial charge in [0.15, 0.2) is 5.58 Å². The minimum Gasteiger partial charge on any atom is -0.423 e. The third kappa shape index (κ3) is 2.56. The Labute approximate surface area is 128 Å². The van der Waals surface area contributed by atoms with Gasteiger partial charge in [-0.25, -0.2) is 0 Å². The van der Waals surface area contributed by atoms with E-state index in [1.807, 2.05) is 16.9 Å². The molecule has 3 aromatic rings. The molecule has 114 valence electrons. The number of hydrogen-bond acceptors (Lipinski definition) is 5. The topological polar surface area (TPSA) is 60.0 Å². The molecule has 0 atom stereocenters. The fourth-order valence-electron chi connectivity index (χ4n) is 3.06. The van der Waals surface area contributed by atoms with Gasteiger partial charge < -0.3 is 9.32 Å². The molecule has 6 heteroatoms. The van der Waals surface area contributed by atoms with Crippen molar-refractivity contribution in [3.05, 3.63) is 36.2 Å². The van der Waals surface area contributed by atoms with Gasteiger partial charge in [-0.1, -0.05) is 11.3 Å². The number of aromatic nitrogens is 4. The zero-order valence-electron chi connectivity index (χ0n) is 12.6. The Morgan fingerprint density at radius 3 is 2.91 bits per heavy atom. The summed E-state index contributed by atoms with van der Waals surface area (Å²) < 4.78 is 7.81. The largest absolute Gasteiger partial charge is 0.423 e. The monoisotopic (exact) mass is 297 g/mol. The van der Waals surface area contributed by atoms with Crippen molar-refractivity contribution in [1.29, 1.82) is 0 Å². The molecule has 6 nitrogen and oxygen atoms in total. The number of rotatable bonds is 3. The van der Waals surface area contributed by atoms with E-state index in [0.29, 0.717) is 5.92 Å². The van der Waals surface area contributed by atoms with Crippen LogP contribution in [0.3, 0.4) is 0 Å². The first-order chi connectivity index (χ1) is 10.8. The van der Waals surface area contributed by atoms with Gasteiger partial charge in [0.25, 0.3) is 6.01 Å². The van der Waals surface area contributed by atoms with Crippen LogP contribution in [0.2, 0.25) is 0 Å². The Morgan fingerprint density at radius 1 is 1.27 bits per heavy atom. The molecule has 0 amide bonds. The van der Waals surface area contributed by atoms with Gasteiger partial charge in [0.05, 0.1) is 6.20 Å². The molecule has 1 fully saturated rings. The summed E-state index contributed by atoms with van der Waals surface area (Å²) in [4.78, 5) is 6.87. The summed E-state index contributed by atoms with van der Waals surface area (Å²) in [5.41, 5.74) is 3.02. The molecule has 0 N–H and O–H groups in total. The van der Waals surface area contributed by atoms with Crippen LogP contribution in [-0.2, 0) is 6.54 Å². The van der Waals surface area contributed by atoms with Crippen molar-refractivity contribution in [2.24, 2.45) is 5.92 Å². The fraction of sp³-hybridized carbons (Fsp3) is 0.438. The highest BCUT2D eigenvalue weighted by atomic mass is 16.4. The van der Waals surface area contributed by atoms with Gasteiger partial charge in [-0.15, -0.1) is 5.10 Å². The highest BCUT2D eigenvalue weighted by molar-refractivity contribution is 5.75. The third-order valence-corrected chi connectivity index (χ3v) is 4.33. The highest BCUT2D eigenvalue weighted by Crippen LogP contribution is 2.27. The standard InChI is InChI=1S/C16H19N5O/c1-12-2-3-15-14(10-12)18-16(22-15)20-7-4-13(5-8-20)11-21-9-6-17-19-21/h2-3,6,9-10,13H,4-5,7-8,11H2,1H3. The van der Waals surface area contributed by atoms with Crippen LogP contribution >= 0.6 is 0 Å². The molecule has 1 saturated heterocycles. The molecule has 3 heterocycles. The summed E-state index contributed by atoms with van der Waals surface area (Å²) in [7, 11) is 0. The Morgan fingerprint density at radius 2 is 2.14 bits per heavy atom. The van der Waals surface area contributed by atoms with Crippen molar-refractivity contribution in [2.45, 2.75) is 26.3 Å². The lowest BCUT2D eigenvalue weighted by Crippen LogP contribution is -2.35. The van der Waals surface area contributed by atoms with Crippen molar-refractivity contribution < 1.29 is 4.42 Å². The molecule has 1 aromatic carbocycles. The smallest absolute Gasteiger partial charge is 0.298 e. The molecule has 22 heavy (non-hydrogen) atoms. The molecular formula is C16H19N5O. The number of benzene rings is 1. The molecule has 0 spiro atoms. The maximum atomic E-state index is 5.89. The van der Waals surface area contributed by atoms with E-state index in [9.17, 15) is 0 Å². The van der Waals surface area contributed by atoms with E-state index in [0.717, 1.165) is 49.6 Å². The van der Waals surface area contributed by atoms with Crippen molar-refractivity contribution in [3.63, 3.8) is 0 Å². The number of fused-ring (bicyclic) bond motifs is 1. The quantitative estimate of drug-likeness (QED) is 0.744. The molecule has 1 aliphatic heterocycles. The van der Waals surface area contributed by atoms with E-state index in [4.69, 9.17) is 4.42 Å². The second-order valence-corrected chi connectivity index (χ2v) is 6.02. The van der Waals surface area contributed by atoms with Crippen LogP contribution in [0.5, 0.6) is 0 Å². The second kappa shape index (κ2) is 5.44. The predicted molar refractivity (Wildman–Crippen MR) is 83.7 cm³/mol. The number of anilines is 1. The average Bonchev–Trinajstić information content (AvgIpc) is 3.17. The number of nitrogens with zero attached hydrogens (tertiary/aromatic N) is 5. The second-order valence-electron chi connectivity index (χ2n) is 6.02. The molecular weight excluding hydrogens is 278 g/mol. The van der Waals surface area contributed by atoms with Gasteiger partial charge in [0.2, 0.25) is 0 Å².